The topological polar surface area (TPSA) is 29.5 Å². The number of carbonyl (C=O) groups excluding carboxylic acids is 1. The number of carbonyl (C=O) groups is 1. The van der Waals surface area contributed by atoms with Crippen molar-refractivity contribution >= 4 is 6.09 Å². The van der Waals surface area contributed by atoms with Crippen molar-refractivity contribution in [3.63, 3.8) is 0 Å². The lowest BCUT2D eigenvalue weighted by molar-refractivity contribution is 0.0254. The maximum Gasteiger partial charge on any atom is 0.410 e. The smallest absolute Gasteiger partial charge is 0.410 e. The van der Waals surface area contributed by atoms with Crippen molar-refractivity contribution < 1.29 is 9.53 Å². The number of likely N-dealkylation sites (tertiary alicyclic amines) is 1. The molecule has 1 amide bonds. The van der Waals surface area contributed by atoms with Crippen LogP contribution >= 0.6 is 0 Å². The highest BCUT2D eigenvalue weighted by atomic mass is 16.6. The van der Waals surface area contributed by atoms with Crippen LogP contribution in [-0.2, 0) is 4.74 Å². The molecule has 1 saturated heterocycles. The monoisotopic (exact) mass is 293 g/mol. The Morgan fingerprint density at radius 3 is 2.57 bits per heavy atom. The van der Waals surface area contributed by atoms with Gasteiger partial charge < -0.3 is 9.64 Å². The summed E-state index contributed by atoms with van der Waals surface area (Å²) >= 11 is 0. The largest absolute Gasteiger partial charge is 0.444 e. The van der Waals surface area contributed by atoms with Gasteiger partial charge in [0.15, 0.2) is 0 Å². The number of amides is 1. The highest BCUT2D eigenvalue weighted by Crippen LogP contribution is 2.40. The molecule has 2 aliphatic rings. The van der Waals surface area contributed by atoms with E-state index in [-0.39, 0.29) is 6.09 Å². The minimum atomic E-state index is -0.415. The average Bonchev–Trinajstić information content (AvgIpc) is 2.48. The third-order valence-corrected chi connectivity index (χ3v) is 4.77. The molecule has 1 heterocycles. The van der Waals surface area contributed by atoms with Crippen LogP contribution in [0.5, 0.6) is 0 Å². The maximum absolute atomic E-state index is 12.2. The van der Waals surface area contributed by atoms with Crippen molar-refractivity contribution in [2.24, 2.45) is 17.8 Å². The van der Waals surface area contributed by atoms with Gasteiger partial charge in [0.2, 0.25) is 0 Å². The molecule has 0 bridgehead atoms. The zero-order chi connectivity index (χ0) is 15.6. The predicted octanol–water partition coefficient (Wildman–Crippen LogP) is 4.63. The van der Waals surface area contributed by atoms with Crippen LogP contribution < -0.4 is 0 Å². The zero-order valence-electron chi connectivity index (χ0n) is 14.2. The first kappa shape index (κ1) is 16.4. The number of nitrogens with zero attached hydrogens (tertiary/aromatic N) is 1. The summed E-state index contributed by atoms with van der Waals surface area (Å²) in [7, 11) is 0. The fourth-order valence-electron chi connectivity index (χ4n) is 3.57. The van der Waals surface area contributed by atoms with Gasteiger partial charge in [-0.25, -0.2) is 4.79 Å². The Bertz CT molecular complexity index is 391. The standard InChI is InChI=1S/C18H31NO2/c1-13-10-15(11-13)12-16-7-9-19(8-6-14(16)2)17(20)21-18(3,4)5/h13,15-16H,2,6-12H2,1,3-5H3/t13-,15-,16?. The van der Waals surface area contributed by atoms with Crippen molar-refractivity contribution in [1.29, 1.82) is 0 Å². The van der Waals surface area contributed by atoms with E-state index in [1.165, 1.54) is 24.8 Å². The van der Waals surface area contributed by atoms with E-state index in [2.05, 4.69) is 13.5 Å². The minimum Gasteiger partial charge on any atom is -0.444 e. The molecule has 0 aromatic heterocycles. The van der Waals surface area contributed by atoms with Crippen LogP contribution in [0, 0.1) is 17.8 Å². The van der Waals surface area contributed by atoms with Crippen molar-refractivity contribution in [1.82, 2.24) is 4.90 Å². The second-order valence-electron chi connectivity index (χ2n) is 8.04. The number of rotatable bonds is 2. The molecule has 0 spiro atoms. The van der Waals surface area contributed by atoms with E-state index in [0.717, 1.165) is 37.8 Å². The molecule has 1 aliphatic carbocycles. The van der Waals surface area contributed by atoms with Gasteiger partial charge in [0.1, 0.15) is 5.60 Å². The van der Waals surface area contributed by atoms with Crippen LogP contribution in [0.3, 0.4) is 0 Å². The van der Waals surface area contributed by atoms with Gasteiger partial charge in [0, 0.05) is 13.1 Å². The van der Waals surface area contributed by atoms with Crippen molar-refractivity contribution in [2.75, 3.05) is 13.1 Å². The Balaban J connectivity index is 1.85. The summed E-state index contributed by atoms with van der Waals surface area (Å²) in [5.74, 6) is 2.39. The Labute approximate surface area is 129 Å². The Morgan fingerprint density at radius 2 is 2.00 bits per heavy atom. The Hall–Kier alpha value is -0.990. The minimum absolute atomic E-state index is 0.173. The van der Waals surface area contributed by atoms with Crippen LogP contribution in [0.25, 0.3) is 0 Å². The van der Waals surface area contributed by atoms with Crippen molar-refractivity contribution in [2.45, 2.75) is 65.4 Å². The molecule has 1 atom stereocenters. The molecule has 3 heteroatoms. The molecule has 120 valence electrons. The fraction of sp³-hybridized carbons (Fsp3) is 0.833. The summed E-state index contributed by atoms with van der Waals surface area (Å²) in [4.78, 5) is 14.0. The SMILES string of the molecule is C=C1CCN(C(=O)OC(C)(C)C)CCC1C[C@H]1C[C@H](C)C1. The highest BCUT2D eigenvalue weighted by Gasteiger charge is 2.31. The first-order chi connectivity index (χ1) is 9.74. The summed E-state index contributed by atoms with van der Waals surface area (Å²) in [6.07, 6.45) is 5.81. The lowest BCUT2D eigenvalue weighted by atomic mass is 9.70. The number of hydrogen-bond acceptors (Lipinski definition) is 2. The van der Waals surface area contributed by atoms with E-state index < -0.39 is 5.60 Å². The first-order valence-electron chi connectivity index (χ1n) is 8.40. The van der Waals surface area contributed by atoms with Crippen molar-refractivity contribution in [3.8, 4) is 0 Å². The Kier molecular flexibility index (Phi) is 5.00. The summed E-state index contributed by atoms with van der Waals surface area (Å²) in [5, 5.41) is 0. The molecule has 1 saturated carbocycles. The van der Waals surface area contributed by atoms with Gasteiger partial charge in [-0.1, -0.05) is 19.1 Å². The molecule has 0 aromatic carbocycles. The van der Waals surface area contributed by atoms with E-state index >= 15 is 0 Å². The summed E-state index contributed by atoms with van der Waals surface area (Å²) in [6.45, 7) is 13.9. The molecule has 2 rings (SSSR count). The van der Waals surface area contributed by atoms with Gasteiger partial charge >= 0.3 is 6.09 Å². The second-order valence-corrected chi connectivity index (χ2v) is 8.04. The van der Waals surface area contributed by atoms with Crippen molar-refractivity contribution in [3.05, 3.63) is 12.2 Å². The van der Waals surface area contributed by atoms with Gasteiger partial charge in [-0.15, -0.1) is 0 Å². The summed E-state index contributed by atoms with van der Waals surface area (Å²) < 4.78 is 5.49. The molecule has 3 nitrogen and oxygen atoms in total. The summed E-state index contributed by atoms with van der Waals surface area (Å²) in [5.41, 5.74) is 0.919. The van der Waals surface area contributed by atoms with Crippen LogP contribution in [0.4, 0.5) is 4.79 Å². The van der Waals surface area contributed by atoms with E-state index in [0.29, 0.717) is 5.92 Å². The molecule has 2 fully saturated rings. The van der Waals surface area contributed by atoms with E-state index in [1.807, 2.05) is 25.7 Å². The normalized spacial score (nSPS) is 30.6. The van der Waals surface area contributed by atoms with E-state index in [1.54, 1.807) is 0 Å². The van der Waals surface area contributed by atoms with Crippen LogP contribution in [0.2, 0.25) is 0 Å². The third-order valence-electron chi connectivity index (χ3n) is 4.77. The molecular weight excluding hydrogens is 262 g/mol. The zero-order valence-corrected chi connectivity index (χ0v) is 14.2. The second kappa shape index (κ2) is 6.41. The molecular formula is C18H31NO2. The maximum atomic E-state index is 12.2. The van der Waals surface area contributed by atoms with Crippen LogP contribution in [0.1, 0.15) is 59.8 Å². The van der Waals surface area contributed by atoms with Crippen LogP contribution in [-0.4, -0.2) is 29.7 Å². The van der Waals surface area contributed by atoms with E-state index in [9.17, 15) is 4.79 Å². The molecule has 0 aromatic rings. The predicted molar refractivity (Wildman–Crippen MR) is 86.2 cm³/mol. The lowest BCUT2D eigenvalue weighted by Gasteiger charge is -2.35. The molecule has 1 aliphatic heterocycles. The quantitative estimate of drug-likeness (QED) is 0.695. The lowest BCUT2D eigenvalue weighted by Crippen LogP contribution is -2.37. The van der Waals surface area contributed by atoms with Gasteiger partial charge in [-0.3, -0.25) is 0 Å². The third kappa shape index (κ3) is 4.76. The molecule has 21 heavy (non-hydrogen) atoms. The Morgan fingerprint density at radius 1 is 1.33 bits per heavy atom. The average molecular weight is 293 g/mol. The van der Waals surface area contributed by atoms with Gasteiger partial charge in [-0.05, 0) is 70.6 Å². The molecule has 1 unspecified atom stereocenters. The highest BCUT2D eigenvalue weighted by molar-refractivity contribution is 5.68. The van der Waals surface area contributed by atoms with E-state index in [4.69, 9.17) is 4.74 Å². The van der Waals surface area contributed by atoms with Gasteiger partial charge in [-0.2, -0.15) is 0 Å². The number of ether oxygens (including phenoxy) is 1. The van der Waals surface area contributed by atoms with Gasteiger partial charge in [0.25, 0.3) is 0 Å². The van der Waals surface area contributed by atoms with Gasteiger partial charge in [0.05, 0.1) is 0 Å². The summed E-state index contributed by atoms with van der Waals surface area (Å²) in [6, 6.07) is 0. The molecule has 0 radical (unpaired) electrons. The fourth-order valence-corrected chi connectivity index (χ4v) is 3.57. The molecule has 0 N–H and O–H groups in total. The van der Waals surface area contributed by atoms with Crippen LogP contribution in [0.15, 0.2) is 12.2 Å². The first-order valence-corrected chi connectivity index (χ1v) is 8.40. The number of hydrogen-bond donors (Lipinski definition) is 0.